The Labute approximate surface area is 184 Å². The van der Waals surface area contributed by atoms with Crippen molar-refractivity contribution >= 4 is 27.3 Å². The monoisotopic (exact) mass is 443 g/mol. The zero-order valence-electron chi connectivity index (χ0n) is 18.0. The van der Waals surface area contributed by atoms with E-state index < -0.39 is 10.0 Å². The van der Waals surface area contributed by atoms with Crippen molar-refractivity contribution in [3.8, 4) is 0 Å². The number of carbonyl (C=O) groups is 1. The summed E-state index contributed by atoms with van der Waals surface area (Å²) < 4.78 is 33.4. The standard InChI is InChI=1S/C23H29N3O4S/c1-17-15-26(16-18(2)30-17)31(28,29)22-10-5-7-19(13-22)23(27)24-20-8-6-9-21(14-20)25-11-3-4-12-25/h5-10,13-14,17-18H,3-4,11-12,15-16H2,1-2H3,(H,24,27)/t17-,18+. The first-order valence-electron chi connectivity index (χ1n) is 10.7. The van der Waals surface area contributed by atoms with E-state index in [0.717, 1.165) is 18.8 Å². The van der Waals surface area contributed by atoms with E-state index in [-0.39, 0.29) is 23.0 Å². The number of rotatable bonds is 5. The summed E-state index contributed by atoms with van der Waals surface area (Å²) in [5, 5.41) is 2.90. The third kappa shape index (κ3) is 4.92. The molecule has 2 heterocycles. The van der Waals surface area contributed by atoms with Crippen LogP contribution in [0.2, 0.25) is 0 Å². The van der Waals surface area contributed by atoms with Gasteiger partial charge in [-0.2, -0.15) is 4.31 Å². The van der Waals surface area contributed by atoms with Gasteiger partial charge in [0.1, 0.15) is 0 Å². The fourth-order valence-electron chi connectivity index (χ4n) is 4.23. The summed E-state index contributed by atoms with van der Waals surface area (Å²) in [5.74, 6) is -0.334. The van der Waals surface area contributed by atoms with Crippen LogP contribution in [0.5, 0.6) is 0 Å². The van der Waals surface area contributed by atoms with E-state index >= 15 is 0 Å². The van der Waals surface area contributed by atoms with E-state index in [0.29, 0.717) is 24.3 Å². The summed E-state index contributed by atoms with van der Waals surface area (Å²) >= 11 is 0. The van der Waals surface area contributed by atoms with E-state index in [1.54, 1.807) is 12.1 Å². The normalized spacial score (nSPS) is 22.5. The van der Waals surface area contributed by atoms with Gasteiger partial charge in [-0.15, -0.1) is 0 Å². The van der Waals surface area contributed by atoms with E-state index in [1.165, 1.54) is 29.3 Å². The largest absolute Gasteiger partial charge is 0.373 e. The summed E-state index contributed by atoms with van der Waals surface area (Å²) in [7, 11) is -3.71. The number of carbonyl (C=O) groups excluding carboxylic acids is 1. The molecule has 0 radical (unpaired) electrons. The molecular weight excluding hydrogens is 414 g/mol. The van der Waals surface area contributed by atoms with Gasteiger partial charge in [0, 0.05) is 43.1 Å². The molecule has 0 aromatic heterocycles. The molecule has 0 bridgehead atoms. The Morgan fingerprint density at radius 3 is 2.39 bits per heavy atom. The van der Waals surface area contributed by atoms with Gasteiger partial charge < -0.3 is 15.0 Å². The lowest BCUT2D eigenvalue weighted by Crippen LogP contribution is -2.48. The molecule has 1 N–H and O–H groups in total. The van der Waals surface area contributed by atoms with Crippen LogP contribution in [0.3, 0.4) is 0 Å². The molecule has 1 amide bonds. The van der Waals surface area contributed by atoms with Gasteiger partial charge in [-0.25, -0.2) is 8.42 Å². The van der Waals surface area contributed by atoms with Gasteiger partial charge in [0.15, 0.2) is 0 Å². The lowest BCUT2D eigenvalue weighted by atomic mass is 10.2. The van der Waals surface area contributed by atoms with Crippen molar-refractivity contribution in [2.45, 2.75) is 43.8 Å². The molecule has 166 valence electrons. The molecule has 31 heavy (non-hydrogen) atoms. The minimum Gasteiger partial charge on any atom is -0.373 e. The number of sulfonamides is 1. The number of amides is 1. The number of nitrogens with zero attached hydrogens (tertiary/aromatic N) is 2. The Morgan fingerprint density at radius 1 is 1.00 bits per heavy atom. The fourth-order valence-corrected chi connectivity index (χ4v) is 5.87. The molecule has 8 heteroatoms. The van der Waals surface area contributed by atoms with Crippen LogP contribution in [-0.2, 0) is 14.8 Å². The molecular formula is C23H29N3O4S. The number of anilines is 2. The number of nitrogens with one attached hydrogen (secondary N) is 1. The van der Waals surface area contributed by atoms with Crippen LogP contribution in [0.1, 0.15) is 37.0 Å². The smallest absolute Gasteiger partial charge is 0.255 e. The fraction of sp³-hybridized carbons (Fsp3) is 0.435. The van der Waals surface area contributed by atoms with Gasteiger partial charge in [0.2, 0.25) is 10.0 Å². The van der Waals surface area contributed by atoms with E-state index in [1.807, 2.05) is 38.1 Å². The van der Waals surface area contributed by atoms with E-state index in [2.05, 4.69) is 10.2 Å². The highest BCUT2D eigenvalue weighted by Gasteiger charge is 2.32. The van der Waals surface area contributed by atoms with Crippen LogP contribution in [0.4, 0.5) is 11.4 Å². The molecule has 4 rings (SSSR count). The molecule has 0 spiro atoms. The zero-order valence-corrected chi connectivity index (χ0v) is 18.8. The molecule has 7 nitrogen and oxygen atoms in total. The molecule has 0 unspecified atom stereocenters. The van der Waals surface area contributed by atoms with Crippen molar-refractivity contribution in [1.29, 1.82) is 0 Å². The Kier molecular flexibility index (Phi) is 6.31. The lowest BCUT2D eigenvalue weighted by molar-refractivity contribution is -0.0440. The number of benzene rings is 2. The Morgan fingerprint density at radius 2 is 1.68 bits per heavy atom. The number of morpholine rings is 1. The maximum atomic E-state index is 13.1. The van der Waals surface area contributed by atoms with Gasteiger partial charge in [-0.05, 0) is 63.1 Å². The second-order valence-electron chi connectivity index (χ2n) is 8.31. The van der Waals surface area contributed by atoms with Crippen molar-refractivity contribution in [3.63, 3.8) is 0 Å². The van der Waals surface area contributed by atoms with Gasteiger partial charge in [0.25, 0.3) is 5.91 Å². The molecule has 2 atom stereocenters. The number of ether oxygens (including phenoxy) is 1. The Hall–Kier alpha value is -2.42. The predicted molar refractivity (Wildman–Crippen MR) is 121 cm³/mol. The first-order valence-corrected chi connectivity index (χ1v) is 12.2. The average Bonchev–Trinajstić information content (AvgIpc) is 3.28. The van der Waals surface area contributed by atoms with Crippen LogP contribution in [-0.4, -0.2) is 57.0 Å². The van der Waals surface area contributed by atoms with Crippen molar-refractivity contribution in [1.82, 2.24) is 4.31 Å². The first-order chi connectivity index (χ1) is 14.8. The summed E-state index contributed by atoms with van der Waals surface area (Å²) in [4.78, 5) is 15.3. The minimum atomic E-state index is -3.71. The van der Waals surface area contributed by atoms with Gasteiger partial charge >= 0.3 is 0 Å². The molecule has 0 saturated carbocycles. The van der Waals surface area contributed by atoms with Crippen molar-refractivity contribution in [2.75, 3.05) is 36.4 Å². The molecule has 2 fully saturated rings. The Balaban J connectivity index is 1.51. The third-order valence-electron chi connectivity index (χ3n) is 5.70. The molecule has 2 aromatic rings. The maximum absolute atomic E-state index is 13.1. The van der Waals surface area contributed by atoms with E-state index in [4.69, 9.17) is 4.74 Å². The quantitative estimate of drug-likeness (QED) is 0.767. The highest BCUT2D eigenvalue weighted by molar-refractivity contribution is 7.89. The summed E-state index contributed by atoms with van der Waals surface area (Å²) in [5.41, 5.74) is 2.09. The van der Waals surface area contributed by atoms with Crippen LogP contribution < -0.4 is 10.2 Å². The van der Waals surface area contributed by atoms with Crippen LogP contribution >= 0.6 is 0 Å². The third-order valence-corrected chi connectivity index (χ3v) is 7.52. The maximum Gasteiger partial charge on any atom is 0.255 e. The Bertz CT molecular complexity index is 1040. The van der Waals surface area contributed by atoms with E-state index in [9.17, 15) is 13.2 Å². The summed E-state index contributed by atoms with van der Waals surface area (Å²) in [6, 6.07) is 14.0. The predicted octanol–water partition coefficient (Wildman–Crippen LogP) is 3.34. The summed E-state index contributed by atoms with van der Waals surface area (Å²) in [6.07, 6.45) is 2.01. The first kappa shape index (κ1) is 21.8. The molecule has 0 aliphatic carbocycles. The second-order valence-corrected chi connectivity index (χ2v) is 10.2. The van der Waals surface area contributed by atoms with Crippen molar-refractivity contribution in [2.24, 2.45) is 0 Å². The van der Waals surface area contributed by atoms with Crippen molar-refractivity contribution in [3.05, 3.63) is 54.1 Å². The highest BCUT2D eigenvalue weighted by atomic mass is 32.2. The average molecular weight is 444 g/mol. The summed E-state index contributed by atoms with van der Waals surface area (Å²) in [6.45, 7) is 6.36. The van der Waals surface area contributed by atoms with Gasteiger partial charge in [0.05, 0.1) is 17.1 Å². The second kappa shape index (κ2) is 8.98. The minimum absolute atomic E-state index is 0.118. The molecule has 2 aromatic carbocycles. The van der Waals surface area contributed by atoms with Crippen LogP contribution in [0.15, 0.2) is 53.4 Å². The van der Waals surface area contributed by atoms with Crippen LogP contribution in [0.25, 0.3) is 0 Å². The van der Waals surface area contributed by atoms with Crippen molar-refractivity contribution < 1.29 is 17.9 Å². The highest BCUT2D eigenvalue weighted by Crippen LogP contribution is 2.25. The SMILES string of the molecule is C[C@@H]1CN(S(=O)(=O)c2cccc(C(=O)Nc3cccc(N4CCCC4)c3)c2)C[C@H](C)O1. The lowest BCUT2D eigenvalue weighted by Gasteiger charge is -2.34. The zero-order chi connectivity index (χ0) is 22.0. The number of hydrogen-bond donors (Lipinski definition) is 1. The topological polar surface area (TPSA) is 79.0 Å². The molecule has 2 saturated heterocycles. The molecule has 2 aliphatic heterocycles. The van der Waals surface area contributed by atoms with Gasteiger partial charge in [-0.1, -0.05) is 12.1 Å². The number of hydrogen-bond acceptors (Lipinski definition) is 5. The van der Waals surface area contributed by atoms with Crippen LogP contribution in [0, 0.1) is 0 Å². The van der Waals surface area contributed by atoms with Gasteiger partial charge in [-0.3, -0.25) is 4.79 Å². The molecule has 2 aliphatic rings.